The van der Waals surface area contributed by atoms with Crippen LogP contribution in [0.2, 0.25) is 5.02 Å². The Morgan fingerprint density at radius 1 is 1.15 bits per heavy atom. The Bertz CT molecular complexity index is 826. The number of carbonyl (C=O) groups excluding carboxylic acids is 1. The first kappa shape index (κ1) is 18.3. The topological polar surface area (TPSA) is 63.1 Å². The average Bonchev–Trinajstić information content (AvgIpc) is 3.01. The SMILES string of the molecule is CCc1nnc2n1CCC1(CC2)CCN(C(=O)Nc2ccccc2Cl)CC1. The zero-order chi connectivity index (χ0) is 18.9. The second kappa shape index (κ2) is 7.50. The molecular formula is C20H26ClN5O. The number of rotatable bonds is 2. The van der Waals surface area contributed by atoms with Crippen LogP contribution in [0.1, 0.15) is 44.3 Å². The fourth-order valence-corrected chi connectivity index (χ4v) is 4.55. The van der Waals surface area contributed by atoms with E-state index in [1.54, 1.807) is 6.07 Å². The first-order valence-electron chi connectivity index (χ1n) is 9.82. The third-order valence-corrected chi connectivity index (χ3v) is 6.52. The summed E-state index contributed by atoms with van der Waals surface area (Å²) in [6.07, 6.45) is 6.28. The fourth-order valence-electron chi connectivity index (χ4n) is 4.37. The van der Waals surface area contributed by atoms with Crippen LogP contribution in [0.5, 0.6) is 0 Å². The molecule has 1 N–H and O–H groups in total. The third-order valence-electron chi connectivity index (χ3n) is 6.19. The molecule has 2 aliphatic heterocycles. The van der Waals surface area contributed by atoms with E-state index in [4.69, 9.17) is 11.6 Å². The van der Waals surface area contributed by atoms with E-state index in [2.05, 4.69) is 27.0 Å². The van der Waals surface area contributed by atoms with Crippen LogP contribution in [0.4, 0.5) is 10.5 Å². The highest BCUT2D eigenvalue weighted by atomic mass is 35.5. The van der Waals surface area contributed by atoms with E-state index < -0.39 is 0 Å². The van der Waals surface area contributed by atoms with Crippen molar-refractivity contribution in [1.82, 2.24) is 19.7 Å². The van der Waals surface area contributed by atoms with Crippen molar-refractivity contribution < 1.29 is 4.79 Å². The Labute approximate surface area is 164 Å². The van der Waals surface area contributed by atoms with Crippen molar-refractivity contribution in [1.29, 1.82) is 0 Å². The molecular weight excluding hydrogens is 362 g/mol. The number of aromatic nitrogens is 3. The van der Waals surface area contributed by atoms with Crippen LogP contribution in [0.25, 0.3) is 0 Å². The van der Waals surface area contributed by atoms with Gasteiger partial charge in [-0.3, -0.25) is 0 Å². The summed E-state index contributed by atoms with van der Waals surface area (Å²) < 4.78 is 2.31. The molecule has 4 rings (SSSR count). The van der Waals surface area contributed by atoms with Gasteiger partial charge in [0.15, 0.2) is 0 Å². The number of para-hydroxylation sites is 1. The fraction of sp³-hybridized carbons (Fsp3) is 0.550. The van der Waals surface area contributed by atoms with Gasteiger partial charge in [0.25, 0.3) is 0 Å². The lowest BCUT2D eigenvalue weighted by atomic mass is 9.73. The van der Waals surface area contributed by atoms with Crippen LogP contribution in [-0.2, 0) is 19.4 Å². The largest absolute Gasteiger partial charge is 0.324 e. The van der Waals surface area contributed by atoms with Crippen LogP contribution in [0.15, 0.2) is 24.3 Å². The van der Waals surface area contributed by atoms with Gasteiger partial charge < -0.3 is 14.8 Å². The molecule has 0 saturated carbocycles. The highest BCUT2D eigenvalue weighted by molar-refractivity contribution is 6.33. The lowest BCUT2D eigenvalue weighted by molar-refractivity contribution is 0.105. The Kier molecular flexibility index (Phi) is 5.08. The first-order valence-corrected chi connectivity index (χ1v) is 10.2. The number of urea groups is 1. The molecule has 0 unspecified atom stereocenters. The Morgan fingerprint density at radius 3 is 2.63 bits per heavy atom. The normalized spacial score (nSPS) is 18.8. The minimum absolute atomic E-state index is 0.0584. The van der Waals surface area contributed by atoms with Crippen LogP contribution in [0, 0.1) is 5.41 Å². The number of nitrogens with one attached hydrogen (secondary N) is 1. The van der Waals surface area contributed by atoms with E-state index in [1.165, 1.54) is 0 Å². The highest BCUT2D eigenvalue weighted by Gasteiger charge is 2.37. The number of amides is 2. The Morgan fingerprint density at radius 2 is 1.89 bits per heavy atom. The van der Waals surface area contributed by atoms with Crippen molar-refractivity contribution in [3.05, 3.63) is 40.9 Å². The quantitative estimate of drug-likeness (QED) is 0.842. The smallest absolute Gasteiger partial charge is 0.321 e. The summed E-state index contributed by atoms with van der Waals surface area (Å²) in [4.78, 5) is 14.5. The van der Waals surface area contributed by atoms with E-state index in [1.807, 2.05) is 23.1 Å². The number of halogens is 1. The molecule has 2 amide bonds. The molecule has 1 saturated heterocycles. The predicted molar refractivity (Wildman–Crippen MR) is 106 cm³/mol. The monoisotopic (exact) mass is 387 g/mol. The number of carbonyl (C=O) groups is 1. The predicted octanol–water partition coefficient (Wildman–Crippen LogP) is 4.14. The number of aryl methyl sites for hydroxylation is 2. The van der Waals surface area contributed by atoms with Crippen molar-refractivity contribution >= 4 is 23.3 Å². The number of hydrogen-bond acceptors (Lipinski definition) is 3. The van der Waals surface area contributed by atoms with Crippen LogP contribution < -0.4 is 5.32 Å². The Hall–Kier alpha value is -2.08. The van der Waals surface area contributed by atoms with Gasteiger partial charge in [-0.05, 0) is 43.2 Å². The van der Waals surface area contributed by atoms with Crippen molar-refractivity contribution in [3.63, 3.8) is 0 Å². The minimum atomic E-state index is -0.0584. The van der Waals surface area contributed by atoms with Crippen molar-refractivity contribution in [2.24, 2.45) is 5.41 Å². The van der Waals surface area contributed by atoms with Gasteiger partial charge in [-0.1, -0.05) is 30.7 Å². The number of likely N-dealkylation sites (tertiary alicyclic amines) is 1. The molecule has 1 aromatic heterocycles. The maximum atomic E-state index is 12.6. The number of hydrogen-bond donors (Lipinski definition) is 1. The van der Waals surface area contributed by atoms with Gasteiger partial charge in [0.2, 0.25) is 0 Å². The maximum absolute atomic E-state index is 12.6. The van der Waals surface area contributed by atoms with Crippen molar-refractivity contribution in [2.75, 3.05) is 18.4 Å². The minimum Gasteiger partial charge on any atom is -0.324 e. The number of anilines is 1. The van der Waals surface area contributed by atoms with Crippen molar-refractivity contribution in [2.45, 2.75) is 52.0 Å². The van der Waals surface area contributed by atoms with Crippen LogP contribution >= 0.6 is 11.6 Å². The molecule has 1 fully saturated rings. The molecule has 1 spiro atoms. The average molecular weight is 388 g/mol. The van der Waals surface area contributed by atoms with Gasteiger partial charge in [-0.25, -0.2) is 4.79 Å². The summed E-state index contributed by atoms with van der Waals surface area (Å²) >= 11 is 6.15. The maximum Gasteiger partial charge on any atom is 0.321 e. The summed E-state index contributed by atoms with van der Waals surface area (Å²) in [5, 5.41) is 12.2. The van der Waals surface area contributed by atoms with E-state index >= 15 is 0 Å². The molecule has 0 bridgehead atoms. The molecule has 144 valence electrons. The van der Waals surface area contributed by atoms with Crippen LogP contribution in [-0.4, -0.2) is 38.8 Å². The molecule has 3 heterocycles. The van der Waals surface area contributed by atoms with E-state index in [9.17, 15) is 4.79 Å². The van der Waals surface area contributed by atoms with E-state index in [0.29, 0.717) is 16.1 Å². The van der Waals surface area contributed by atoms with E-state index in [0.717, 1.165) is 69.8 Å². The summed E-state index contributed by atoms with van der Waals surface area (Å²) in [7, 11) is 0. The number of benzene rings is 1. The number of nitrogens with zero attached hydrogens (tertiary/aromatic N) is 4. The molecule has 0 radical (unpaired) electrons. The molecule has 2 aromatic rings. The van der Waals surface area contributed by atoms with Crippen LogP contribution in [0.3, 0.4) is 0 Å². The molecule has 0 atom stereocenters. The van der Waals surface area contributed by atoms with E-state index in [-0.39, 0.29) is 6.03 Å². The number of piperidine rings is 1. The van der Waals surface area contributed by atoms with Gasteiger partial charge in [0.1, 0.15) is 11.6 Å². The molecule has 0 aliphatic carbocycles. The molecule has 27 heavy (non-hydrogen) atoms. The molecule has 6 nitrogen and oxygen atoms in total. The summed E-state index contributed by atoms with van der Waals surface area (Å²) in [5.41, 5.74) is 0.983. The van der Waals surface area contributed by atoms with Gasteiger partial charge >= 0.3 is 6.03 Å². The zero-order valence-electron chi connectivity index (χ0n) is 15.7. The second-order valence-corrected chi connectivity index (χ2v) is 8.09. The summed E-state index contributed by atoms with van der Waals surface area (Å²) in [6.45, 7) is 4.71. The highest BCUT2D eigenvalue weighted by Crippen LogP contribution is 2.41. The lowest BCUT2D eigenvalue weighted by Crippen LogP contribution is -2.45. The summed E-state index contributed by atoms with van der Waals surface area (Å²) in [6, 6.07) is 7.30. The van der Waals surface area contributed by atoms with Gasteiger partial charge in [-0.2, -0.15) is 0 Å². The Balaban J connectivity index is 1.37. The van der Waals surface area contributed by atoms with Crippen molar-refractivity contribution in [3.8, 4) is 0 Å². The van der Waals surface area contributed by atoms with Gasteiger partial charge in [0.05, 0.1) is 10.7 Å². The first-order chi connectivity index (χ1) is 13.1. The standard InChI is InChI=1S/C20H26ClN5O/c1-2-17-23-24-18-7-8-20(11-14-26(17)18)9-12-25(13-10-20)19(27)22-16-6-4-3-5-15(16)21/h3-6H,2,7-14H2,1H3,(H,22,27). The van der Waals surface area contributed by atoms with Gasteiger partial charge in [-0.15, -0.1) is 10.2 Å². The number of fused-ring (bicyclic) bond motifs is 1. The second-order valence-electron chi connectivity index (χ2n) is 7.68. The third kappa shape index (κ3) is 3.68. The zero-order valence-corrected chi connectivity index (χ0v) is 16.5. The lowest BCUT2D eigenvalue weighted by Gasteiger charge is -2.41. The molecule has 1 aromatic carbocycles. The van der Waals surface area contributed by atoms with Gasteiger partial charge in [0, 0.05) is 32.5 Å². The molecule has 2 aliphatic rings. The molecule has 7 heteroatoms. The summed E-state index contributed by atoms with van der Waals surface area (Å²) in [5.74, 6) is 2.22.